The Kier molecular flexibility index (Phi) is 4.84. The predicted molar refractivity (Wildman–Crippen MR) is 121 cm³/mol. The fourth-order valence-electron chi connectivity index (χ4n) is 4.02. The van der Waals surface area contributed by atoms with Crippen LogP contribution in [0.3, 0.4) is 0 Å². The molecule has 0 radical (unpaired) electrons. The summed E-state index contributed by atoms with van der Waals surface area (Å²) in [5.74, 6) is -0.449. The van der Waals surface area contributed by atoms with Crippen LogP contribution in [0.25, 0.3) is 44.1 Å². The minimum Gasteiger partial charge on any atom is -0.461 e. The highest BCUT2D eigenvalue weighted by molar-refractivity contribution is 6.13. The second kappa shape index (κ2) is 7.81. The van der Waals surface area contributed by atoms with Crippen LogP contribution in [0.1, 0.15) is 17.4 Å². The molecule has 0 atom stereocenters. The van der Waals surface area contributed by atoms with Crippen LogP contribution in [0.5, 0.6) is 0 Å². The third-order valence-corrected chi connectivity index (χ3v) is 5.33. The third kappa shape index (κ3) is 3.21. The van der Waals surface area contributed by atoms with Gasteiger partial charge in [-0.05, 0) is 31.2 Å². The first-order valence-corrected chi connectivity index (χ1v) is 10.2. The fraction of sp³-hybridized carbons (Fsp3) is 0.160. The van der Waals surface area contributed by atoms with Gasteiger partial charge in [-0.2, -0.15) is 0 Å². The number of aromatic nitrogens is 3. The van der Waals surface area contributed by atoms with E-state index in [2.05, 4.69) is 4.57 Å². The molecule has 31 heavy (non-hydrogen) atoms. The topological polar surface area (TPSA) is 66.2 Å². The van der Waals surface area contributed by atoms with Gasteiger partial charge in [-0.15, -0.1) is 0 Å². The second-order valence-electron chi connectivity index (χ2n) is 7.22. The third-order valence-electron chi connectivity index (χ3n) is 5.33. The lowest BCUT2D eigenvalue weighted by molar-refractivity contribution is 0.0520. The van der Waals surface area contributed by atoms with Gasteiger partial charge >= 0.3 is 5.97 Å². The molecule has 6 heteroatoms. The zero-order valence-corrected chi connectivity index (χ0v) is 17.3. The maximum absolute atomic E-state index is 12.6. The molecule has 2 aromatic carbocycles. The van der Waals surface area contributed by atoms with Crippen LogP contribution in [-0.4, -0.2) is 34.2 Å². The van der Waals surface area contributed by atoms with Crippen LogP contribution in [0, 0.1) is 0 Å². The van der Waals surface area contributed by atoms with Crippen molar-refractivity contribution in [3.8, 4) is 11.4 Å². The molecule has 3 aromatic heterocycles. The predicted octanol–water partition coefficient (Wildman–Crippen LogP) is 5.19. The summed E-state index contributed by atoms with van der Waals surface area (Å²) in [5, 5.41) is 2.97. The number of pyridine rings is 2. The number of methoxy groups -OCH3 is 1. The maximum atomic E-state index is 12.6. The summed E-state index contributed by atoms with van der Waals surface area (Å²) in [6, 6.07) is 21.7. The molecule has 0 N–H and O–H groups in total. The van der Waals surface area contributed by atoms with Gasteiger partial charge in [0.15, 0.2) is 0 Å². The zero-order chi connectivity index (χ0) is 21.4. The largest absolute Gasteiger partial charge is 0.461 e. The number of hydrogen-bond acceptors (Lipinski definition) is 5. The molecule has 0 fully saturated rings. The van der Waals surface area contributed by atoms with E-state index in [1.54, 1.807) is 20.1 Å². The Balaban J connectivity index is 1.88. The van der Waals surface area contributed by atoms with Crippen LogP contribution in [0.4, 0.5) is 0 Å². The molecule has 6 nitrogen and oxygen atoms in total. The van der Waals surface area contributed by atoms with Gasteiger partial charge in [0, 0.05) is 23.3 Å². The summed E-state index contributed by atoms with van der Waals surface area (Å²) in [5.41, 5.74) is 4.32. The Labute approximate surface area is 179 Å². The van der Waals surface area contributed by atoms with E-state index < -0.39 is 5.97 Å². The molecule has 0 unspecified atom stereocenters. The lowest BCUT2D eigenvalue weighted by Gasteiger charge is -2.11. The molecular weight excluding hydrogens is 390 g/mol. The monoisotopic (exact) mass is 411 g/mol. The highest BCUT2D eigenvalue weighted by Gasteiger charge is 2.21. The van der Waals surface area contributed by atoms with E-state index in [0.717, 1.165) is 32.7 Å². The molecule has 0 bridgehead atoms. The summed E-state index contributed by atoms with van der Waals surface area (Å²) in [4.78, 5) is 22.2. The van der Waals surface area contributed by atoms with Gasteiger partial charge in [-0.1, -0.05) is 42.5 Å². The van der Waals surface area contributed by atoms with E-state index in [1.165, 1.54) is 0 Å². The number of rotatable bonds is 5. The highest BCUT2D eigenvalue weighted by atomic mass is 16.5. The standard InChI is InChI=1S/C25H21N3O3/c1-3-31-25(29)21-14-18-17-9-5-7-11-22(17)28(15-30-2)24(18)23(27-21)20-13-12-16-8-4-6-10-19(16)26-20/h4-14H,3,15H2,1-2H3. The molecule has 0 aliphatic heterocycles. The first-order chi connectivity index (χ1) is 15.2. The van der Waals surface area contributed by atoms with E-state index in [-0.39, 0.29) is 12.3 Å². The second-order valence-corrected chi connectivity index (χ2v) is 7.22. The van der Waals surface area contributed by atoms with E-state index in [4.69, 9.17) is 19.4 Å². The summed E-state index contributed by atoms with van der Waals surface area (Å²) < 4.78 is 12.8. The zero-order valence-electron chi connectivity index (χ0n) is 17.3. The van der Waals surface area contributed by atoms with Gasteiger partial charge in [0.05, 0.1) is 28.9 Å². The first-order valence-electron chi connectivity index (χ1n) is 10.2. The number of benzene rings is 2. The normalized spacial score (nSPS) is 11.4. The van der Waals surface area contributed by atoms with Gasteiger partial charge in [0.2, 0.25) is 0 Å². The van der Waals surface area contributed by atoms with Crippen molar-refractivity contribution in [2.24, 2.45) is 0 Å². The summed E-state index contributed by atoms with van der Waals surface area (Å²) in [6.45, 7) is 2.42. The fourth-order valence-corrected chi connectivity index (χ4v) is 4.02. The number of carbonyl (C=O) groups excluding carboxylic acids is 1. The molecule has 0 spiro atoms. The van der Waals surface area contributed by atoms with Gasteiger partial charge in [-0.3, -0.25) is 0 Å². The molecule has 0 saturated carbocycles. The molecule has 0 aliphatic rings. The van der Waals surface area contributed by atoms with E-state index in [9.17, 15) is 4.79 Å². The van der Waals surface area contributed by atoms with Crippen molar-refractivity contribution in [1.29, 1.82) is 0 Å². The Morgan fingerprint density at radius 1 is 0.968 bits per heavy atom. The van der Waals surface area contributed by atoms with E-state index >= 15 is 0 Å². The SMILES string of the molecule is CCOC(=O)c1cc2c3ccccc3n(COC)c2c(-c2ccc3ccccc3n2)n1. The molecule has 154 valence electrons. The van der Waals surface area contributed by atoms with E-state index in [1.807, 2.05) is 60.7 Å². The van der Waals surface area contributed by atoms with Crippen LogP contribution in [-0.2, 0) is 16.2 Å². The summed E-state index contributed by atoms with van der Waals surface area (Å²) in [7, 11) is 1.66. The quantitative estimate of drug-likeness (QED) is 0.373. The Morgan fingerprint density at radius 3 is 2.61 bits per heavy atom. The average Bonchev–Trinajstić information content (AvgIpc) is 3.12. The van der Waals surface area contributed by atoms with Crippen molar-refractivity contribution in [2.45, 2.75) is 13.7 Å². The van der Waals surface area contributed by atoms with Crippen molar-refractivity contribution in [3.05, 3.63) is 72.4 Å². The van der Waals surface area contributed by atoms with Crippen LogP contribution in [0.15, 0.2) is 66.7 Å². The lowest BCUT2D eigenvalue weighted by Crippen LogP contribution is -2.09. The number of nitrogens with zero attached hydrogens (tertiary/aromatic N) is 3. The number of fused-ring (bicyclic) bond motifs is 4. The van der Waals surface area contributed by atoms with Crippen molar-refractivity contribution >= 4 is 38.7 Å². The highest BCUT2D eigenvalue weighted by Crippen LogP contribution is 2.35. The Bertz CT molecular complexity index is 1440. The number of hydrogen-bond donors (Lipinski definition) is 0. The van der Waals surface area contributed by atoms with Crippen molar-refractivity contribution in [2.75, 3.05) is 13.7 Å². The van der Waals surface area contributed by atoms with Gasteiger partial charge in [-0.25, -0.2) is 14.8 Å². The maximum Gasteiger partial charge on any atom is 0.356 e. The van der Waals surface area contributed by atoms with Crippen LogP contribution in [0.2, 0.25) is 0 Å². The van der Waals surface area contributed by atoms with E-state index in [0.29, 0.717) is 18.1 Å². The molecule has 5 aromatic rings. The molecule has 0 aliphatic carbocycles. The summed E-state index contributed by atoms with van der Waals surface area (Å²) >= 11 is 0. The molecule has 5 rings (SSSR count). The molecule has 0 amide bonds. The van der Waals surface area contributed by atoms with Crippen molar-refractivity contribution < 1.29 is 14.3 Å². The number of esters is 1. The number of para-hydroxylation sites is 2. The van der Waals surface area contributed by atoms with Gasteiger partial charge in [0.25, 0.3) is 0 Å². The average molecular weight is 411 g/mol. The number of ether oxygens (including phenoxy) is 2. The minimum atomic E-state index is -0.449. The summed E-state index contributed by atoms with van der Waals surface area (Å²) in [6.07, 6.45) is 0. The molecule has 3 heterocycles. The lowest BCUT2D eigenvalue weighted by atomic mass is 10.1. The van der Waals surface area contributed by atoms with Crippen LogP contribution >= 0.6 is 0 Å². The number of carbonyl (C=O) groups is 1. The minimum absolute atomic E-state index is 0.264. The van der Waals surface area contributed by atoms with Crippen molar-refractivity contribution in [3.63, 3.8) is 0 Å². The van der Waals surface area contributed by atoms with Crippen molar-refractivity contribution in [1.82, 2.24) is 14.5 Å². The Morgan fingerprint density at radius 2 is 1.77 bits per heavy atom. The van der Waals surface area contributed by atoms with Crippen LogP contribution < -0.4 is 0 Å². The van der Waals surface area contributed by atoms with Gasteiger partial charge < -0.3 is 14.0 Å². The van der Waals surface area contributed by atoms with Gasteiger partial charge in [0.1, 0.15) is 18.1 Å². The smallest absolute Gasteiger partial charge is 0.356 e. The first kappa shape index (κ1) is 19.2. The molecule has 0 saturated heterocycles. The molecular formula is C25H21N3O3. The Hall–Kier alpha value is -3.77.